The predicted molar refractivity (Wildman–Crippen MR) is 84.8 cm³/mol. The van der Waals surface area contributed by atoms with Gasteiger partial charge in [-0.25, -0.2) is 0 Å². The Kier molecular flexibility index (Phi) is 3.69. The lowest BCUT2D eigenvalue weighted by atomic mass is 9.91. The maximum absolute atomic E-state index is 11.5. The fourth-order valence-electron chi connectivity index (χ4n) is 2.57. The standard InChI is InChI=1S/C19H16O2/c1-21-18-10-9-15-11-17(8-7-16(15)12-18)19(13-20)14-5-3-2-4-6-14/h2-13,19H,1H3. The smallest absolute Gasteiger partial charge is 0.131 e. The van der Waals surface area contributed by atoms with Gasteiger partial charge in [0.05, 0.1) is 13.0 Å². The van der Waals surface area contributed by atoms with Gasteiger partial charge in [-0.2, -0.15) is 0 Å². The van der Waals surface area contributed by atoms with Crippen LogP contribution in [0.4, 0.5) is 0 Å². The molecular weight excluding hydrogens is 260 g/mol. The van der Waals surface area contributed by atoms with E-state index >= 15 is 0 Å². The van der Waals surface area contributed by atoms with Crippen LogP contribution in [-0.2, 0) is 4.79 Å². The monoisotopic (exact) mass is 276 g/mol. The Labute approximate surface area is 124 Å². The van der Waals surface area contributed by atoms with E-state index in [1.807, 2.05) is 60.7 Å². The number of methoxy groups -OCH3 is 1. The zero-order valence-electron chi connectivity index (χ0n) is 11.8. The summed E-state index contributed by atoms with van der Waals surface area (Å²) < 4.78 is 5.23. The molecule has 1 unspecified atom stereocenters. The van der Waals surface area contributed by atoms with Crippen LogP contribution in [0.5, 0.6) is 5.75 Å². The molecule has 21 heavy (non-hydrogen) atoms. The second-order valence-corrected chi connectivity index (χ2v) is 5.00. The summed E-state index contributed by atoms with van der Waals surface area (Å²) in [5.74, 6) is 0.614. The van der Waals surface area contributed by atoms with Crippen LogP contribution in [-0.4, -0.2) is 13.4 Å². The average molecular weight is 276 g/mol. The maximum atomic E-state index is 11.5. The minimum absolute atomic E-state index is 0.224. The molecule has 0 bridgehead atoms. The third kappa shape index (κ3) is 2.65. The van der Waals surface area contributed by atoms with E-state index in [0.717, 1.165) is 33.9 Å². The van der Waals surface area contributed by atoms with Crippen molar-refractivity contribution in [3.05, 3.63) is 77.9 Å². The summed E-state index contributed by atoms with van der Waals surface area (Å²) in [7, 11) is 1.66. The summed E-state index contributed by atoms with van der Waals surface area (Å²) in [6.07, 6.45) is 1.00. The SMILES string of the molecule is COc1ccc2cc(C(C=O)c3ccccc3)ccc2c1. The summed E-state index contributed by atoms with van der Waals surface area (Å²) in [6.45, 7) is 0. The lowest BCUT2D eigenvalue weighted by Crippen LogP contribution is -2.02. The summed E-state index contributed by atoms with van der Waals surface area (Å²) >= 11 is 0. The third-order valence-electron chi connectivity index (χ3n) is 3.73. The van der Waals surface area contributed by atoms with E-state index in [1.165, 1.54) is 0 Å². The highest BCUT2D eigenvalue weighted by molar-refractivity contribution is 5.86. The van der Waals surface area contributed by atoms with Crippen LogP contribution in [0.2, 0.25) is 0 Å². The first-order chi connectivity index (χ1) is 10.3. The molecule has 0 aliphatic rings. The van der Waals surface area contributed by atoms with Gasteiger partial charge in [-0.3, -0.25) is 0 Å². The molecular formula is C19H16O2. The molecule has 0 saturated carbocycles. The van der Waals surface area contributed by atoms with E-state index in [0.29, 0.717) is 0 Å². The van der Waals surface area contributed by atoms with E-state index in [1.54, 1.807) is 7.11 Å². The molecule has 0 aliphatic heterocycles. The van der Waals surface area contributed by atoms with Crippen molar-refractivity contribution in [1.82, 2.24) is 0 Å². The van der Waals surface area contributed by atoms with Crippen molar-refractivity contribution in [3.8, 4) is 5.75 Å². The molecule has 1 atom stereocenters. The van der Waals surface area contributed by atoms with Gasteiger partial charge in [0, 0.05) is 0 Å². The van der Waals surface area contributed by atoms with Gasteiger partial charge >= 0.3 is 0 Å². The Balaban J connectivity index is 2.05. The molecule has 0 aliphatic carbocycles. The van der Waals surface area contributed by atoms with Crippen LogP contribution < -0.4 is 4.74 Å². The molecule has 3 rings (SSSR count). The predicted octanol–water partition coefficient (Wildman–Crippen LogP) is 4.18. The van der Waals surface area contributed by atoms with Crippen LogP contribution in [0, 0.1) is 0 Å². The van der Waals surface area contributed by atoms with E-state index in [9.17, 15) is 4.79 Å². The molecule has 0 saturated heterocycles. The topological polar surface area (TPSA) is 26.3 Å². The van der Waals surface area contributed by atoms with Crippen molar-refractivity contribution in [3.63, 3.8) is 0 Å². The molecule has 0 heterocycles. The highest BCUT2D eigenvalue weighted by Crippen LogP contribution is 2.27. The van der Waals surface area contributed by atoms with Crippen molar-refractivity contribution >= 4 is 17.1 Å². The highest BCUT2D eigenvalue weighted by atomic mass is 16.5. The molecule has 0 fully saturated rings. The normalized spacial score (nSPS) is 12.0. The van der Waals surface area contributed by atoms with Gasteiger partial charge in [-0.05, 0) is 34.0 Å². The van der Waals surface area contributed by atoms with Gasteiger partial charge in [0.15, 0.2) is 0 Å². The van der Waals surface area contributed by atoms with Gasteiger partial charge in [-0.1, -0.05) is 54.6 Å². The molecule has 0 aromatic heterocycles. The molecule has 104 valence electrons. The zero-order chi connectivity index (χ0) is 14.7. The first-order valence-corrected chi connectivity index (χ1v) is 6.90. The Bertz CT molecular complexity index is 763. The first kappa shape index (κ1) is 13.4. The lowest BCUT2D eigenvalue weighted by Gasteiger charge is -2.12. The zero-order valence-corrected chi connectivity index (χ0v) is 11.8. The minimum atomic E-state index is -0.224. The number of carbonyl (C=O) groups is 1. The van der Waals surface area contributed by atoms with E-state index in [-0.39, 0.29) is 5.92 Å². The molecule has 2 heteroatoms. The number of hydrogen-bond donors (Lipinski definition) is 0. The number of aldehydes is 1. The fourth-order valence-corrected chi connectivity index (χ4v) is 2.57. The Hall–Kier alpha value is -2.61. The average Bonchev–Trinajstić information content (AvgIpc) is 2.56. The van der Waals surface area contributed by atoms with Crippen molar-refractivity contribution in [2.24, 2.45) is 0 Å². The summed E-state index contributed by atoms with van der Waals surface area (Å²) in [5.41, 5.74) is 2.02. The van der Waals surface area contributed by atoms with Gasteiger partial charge in [0.1, 0.15) is 12.0 Å². The van der Waals surface area contributed by atoms with Gasteiger partial charge in [0.25, 0.3) is 0 Å². The number of hydrogen-bond acceptors (Lipinski definition) is 2. The summed E-state index contributed by atoms with van der Waals surface area (Å²) in [4.78, 5) is 11.5. The summed E-state index contributed by atoms with van der Waals surface area (Å²) in [5, 5.41) is 2.21. The summed E-state index contributed by atoms with van der Waals surface area (Å²) in [6, 6.07) is 21.9. The first-order valence-electron chi connectivity index (χ1n) is 6.90. The van der Waals surface area contributed by atoms with Gasteiger partial charge in [-0.15, -0.1) is 0 Å². The maximum Gasteiger partial charge on any atom is 0.131 e. The van der Waals surface area contributed by atoms with Crippen LogP contribution in [0.15, 0.2) is 66.7 Å². The molecule has 2 nitrogen and oxygen atoms in total. The number of ether oxygens (including phenoxy) is 1. The van der Waals surface area contributed by atoms with E-state index in [2.05, 4.69) is 6.07 Å². The third-order valence-corrected chi connectivity index (χ3v) is 3.73. The van der Waals surface area contributed by atoms with Crippen molar-refractivity contribution < 1.29 is 9.53 Å². The molecule has 3 aromatic carbocycles. The van der Waals surface area contributed by atoms with Gasteiger partial charge < -0.3 is 9.53 Å². The molecule has 0 N–H and O–H groups in total. The quantitative estimate of drug-likeness (QED) is 0.668. The van der Waals surface area contributed by atoms with Crippen molar-refractivity contribution in [1.29, 1.82) is 0 Å². The Morgan fingerprint density at radius 3 is 2.29 bits per heavy atom. The minimum Gasteiger partial charge on any atom is -0.497 e. The largest absolute Gasteiger partial charge is 0.497 e. The van der Waals surface area contributed by atoms with Gasteiger partial charge in [0.2, 0.25) is 0 Å². The molecule has 0 radical (unpaired) electrons. The molecule has 3 aromatic rings. The van der Waals surface area contributed by atoms with E-state index in [4.69, 9.17) is 4.74 Å². The number of benzene rings is 3. The van der Waals surface area contributed by atoms with Crippen molar-refractivity contribution in [2.45, 2.75) is 5.92 Å². The van der Waals surface area contributed by atoms with Crippen molar-refractivity contribution in [2.75, 3.05) is 7.11 Å². The van der Waals surface area contributed by atoms with Crippen LogP contribution in [0.25, 0.3) is 10.8 Å². The molecule has 0 spiro atoms. The van der Waals surface area contributed by atoms with Crippen LogP contribution in [0.3, 0.4) is 0 Å². The second-order valence-electron chi connectivity index (χ2n) is 5.00. The second kappa shape index (κ2) is 5.80. The van der Waals surface area contributed by atoms with E-state index < -0.39 is 0 Å². The molecule has 0 amide bonds. The lowest BCUT2D eigenvalue weighted by molar-refractivity contribution is -0.108. The van der Waals surface area contributed by atoms with Crippen LogP contribution >= 0.6 is 0 Å². The fraction of sp³-hybridized carbons (Fsp3) is 0.105. The number of carbonyl (C=O) groups excluding carboxylic acids is 1. The Morgan fingerprint density at radius 1 is 0.857 bits per heavy atom. The number of fused-ring (bicyclic) bond motifs is 1. The highest BCUT2D eigenvalue weighted by Gasteiger charge is 2.13. The number of rotatable bonds is 4. The Morgan fingerprint density at radius 2 is 1.57 bits per heavy atom. The van der Waals surface area contributed by atoms with Crippen LogP contribution in [0.1, 0.15) is 17.0 Å².